The Morgan fingerprint density at radius 3 is 2.53 bits per heavy atom. The number of hydrogen-bond donors (Lipinski definition) is 2. The number of nitrogens with one attached hydrogen (secondary N) is 1. The van der Waals surface area contributed by atoms with Crippen molar-refractivity contribution in [3.63, 3.8) is 0 Å². The molecule has 17 heavy (non-hydrogen) atoms. The van der Waals surface area contributed by atoms with E-state index >= 15 is 0 Å². The minimum atomic E-state index is -0.199. The first-order valence-corrected chi connectivity index (χ1v) is 6.33. The molecule has 2 unspecified atom stereocenters. The number of aliphatic hydroxyl groups excluding tert-OH is 1. The normalized spacial score (nSPS) is 19.0. The molecule has 0 spiro atoms. The minimum Gasteiger partial charge on any atom is -0.396 e. The molecule has 1 aliphatic rings. The van der Waals surface area contributed by atoms with Gasteiger partial charge in [0.15, 0.2) is 0 Å². The van der Waals surface area contributed by atoms with E-state index in [1.807, 2.05) is 12.1 Å². The lowest BCUT2D eigenvalue weighted by atomic mass is 10.0. The predicted octanol–water partition coefficient (Wildman–Crippen LogP) is 2.64. The van der Waals surface area contributed by atoms with Gasteiger partial charge in [0.2, 0.25) is 0 Å². The number of benzene rings is 1. The zero-order chi connectivity index (χ0) is 12.3. The van der Waals surface area contributed by atoms with Crippen LogP contribution >= 0.6 is 0 Å². The fourth-order valence-corrected chi connectivity index (χ4v) is 2.26. The van der Waals surface area contributed by atoms with E-state index in [2.05, 4.69) is 12.2 Å². The van der Waals surface area contributed by atoms with Gasteiger partial charge in [0.25, 0.3) is 0 Å². The molecule has 3 heteroatoms. The maximum absolute atomic E-state index is 12.8. The highest BCUT2D eigenvalue weighted by molar-refractivity contribution is 5.19. The van der Waals surface area contributed by atoms with Crippen LogP contribution in [0.2, 0.25) is 0 Å². The van der Waals surface area contributed by atoms with Crippen LogP contribution in [0.15, 0.2) is 24.3 Å². The smallest absolute Gasteiger partial charge is 0.123 e. The van der Waals surface area contributed by atoms with E-state index in [0.717, 1.165) is 12.0 Å². The van der Waals surface area contributed by atoms with Crippen LogP contribution in [-0.4, -0.2) is 17.8 Å². The second-order valence-electron chi connectivity index (χ2n) is 4.90. The Balaban J connectivity index is 1.94. The molecule has 94 valence electrons. The van der Waals surface area contributed by atoms with E-state index in [0.29, 0.717) is 12.0 Å². The maximum atomic E-state index is 12.8. The summed E-state index contributed by atoms with van der Waals surface area (Å²) in [6.07, 6.45) is 3.32. The summed E-state index contributed by atoms with van der Waals surface area (Å²) in [5.74, 6) is 0.514. The molecule has 1 aromatic carbocycles. The molecule has 1 aliphatic carbocycles. The van der Waals surface area contributed by atoms with Crippen molar-refractivity contribution >= 4 is 0 Å². The summed E-state index contributed by atoms with van der Waals surface area (Å²) in [4.78, 5) is 0. The quantitative estimate of drug-likeness (QED) is 0.797. The molecule has 2 N–H and O–H groups in total. The van der Waals surface area contributed by atoms with Gasteiger partial charge in [0, 0.05) is 18.7 Å². The third-order valence-corrected chi connectivity index (χ3v) is 3.47. The Morgan fingerprint density at radius 2 is 2.00 bits per heavy atom. The molecule has 2 rings (SSSR count). The molecule has 2 atom stereocenters. The Morgan fingerprint density at radius 1 is 1.35 bits per heavy atom. The van der Waals surface area contributed by atoms with Crippen molar-refractivity contribution in [1.82, 2.24) is 5.32 Å². The molecule has 0 bridgehead atoms. The lowest BCUT2D eigenvalue weighted by molar-refractivity contribution is 0.250. The predicted molar refractivity (Wildman–Crippen MR) is 66.2 cm³/mol. The van der Waals surface area contributed by atoms with E-state index in [1.165, 1.54) is 25.0 Å². The van der Waals surface area contributed by atoms with Crippen LogP contribution in [0.25, 0.3) is 0 Å². The summed E-state index contributed by atoms with van der Waals surface area (Å²) < 4.78 is 12.8. The number of aliphatic hydroxyl groups is 1. The van der Waals surface area contributed by atoms with Gasteiger partial charge in [-0.3, -0.25) is 0 Å². The maximum Gasteiger partial charge on any atom is 0.123 e. The lowest BCUT2D eigenvalue weighted by Crippen LogP contribution is -2.34. The highest BCUT2D eigenvalue weighted by Gasteiger charge is 2.31. The molecule has 0 heterocycles. The van der Waals surface area contributed by atoms with Crippen LogP contribution in [0, 0.1) is 11.7 Å². The molecule has 0 aliphatic heterocycles. The van der Waals surface area contributed by atoms with Gasteiger partial charge in [-0.1, -0.05) is 12.1 Å². The molecule has 1 fully saturated rings. The van der Waals surface area contributed by atoms with E-state index in [1.54, 1.807) is 0 Å². The average Bonchev–Trinajstić information content (AvgIpc) is 3.13. The molecule has 2 nitrogen and oxygen atoms in total. The summed E-state index contributed by atoms with van der Waals surface area (Å²) >= 11 is 0. The molecule has 0 aromatic heterocycles. The van der Waals surface area contributed by atoms with Gasteiger partial charge < -0.3 is 10.4 Å². The molecular weight excluding hydrogens is 217 g/mol. The summed E-state index contributed by atoms with van der Waals surface area (Å²) in [6, 6.07) is 7.20. The zero-order valence-electron chi connectivity index (χ0n) is 10.2. The Labute approximate surface area is 102 Å². The Kier molecular flexibility index (Phi) is 4.13. The van der Waals surface area contributed by atoms with Gasteiger partial charge in [0.05, 0.1) is 0 Å². The van der Waals surface area contributed by atoms with Gasteiger partial charge >= 0.3 is 0 Å². The lowest BCUT2D eigenvalue weighted by Gasteiger charge is -2.23. The molecule has 0 amide bonds. The van der Waals surface area contributed by atoms with Crippen molar-refractivity contribution in [2.45, 2.75) is 38.3 Å². The molecule has 1 saturated carbocycles. The van der Waals surface area contributed by atoms with Gasteiger partial charge in [-0.2, -0.15) is 0 Å². The van der Waals surface area contributed by atoms with Crippen LogP contribution in [0.1, 0.15) is 37.8 Å². The first-order valence-electron chi connectivity index (χ1n) is 6.33. The van der Waals surface area contributed by atoms with Crippen molar-refractivity contribution in [3.05, 3.63) is 35.6 Å². The van der Waals surface area contributed by atoms with Crippen LogP contribution in [0.3, 0.4) is 0 Å². The van der Waals surface area contributed by atoms with E-state index in [-0.39, 0.29) is 18.5 Å². The first-order chi connectivity index (χ1) is 8.20. The molecule has 0 saturated heterocycles. The van der Waals surface area contributed by atoms with E-state index in [4.69, 9.17) is 5.11 Å². The zero-order valence-corrected chi connectivity index (χ0v) is 10.2. The summed E-state index contributed by atoms with van der Waals surface area (Å²) in [7, 11) is 0. The van der Waals surface area contributed by atoms with Crippen LogP contribution in [-0.2, 0) is 0 Å². The minimum absolute atomic E-state index is 0.199. The SMILES string of the molecule is CC(NC(CCO)C1CC1)c1ccc(F)cc1. The number of hydrogen-bond acceptors (Lipinski definition) is 2. The highest BCUT2D eigenvalue weighted by Crippen LogP contribution is 2.35. The van der Waals surface area contributed by atoms with E-state index < -0.39 is 0 Å². The Bertz CT molecular complexity index is 348. The first kappa shape index (κ1) is 12.5. The van der Waals surface area contributed by atoms with Crippen molar-refractivity contribution < 1.29 is 9.50 Å². The summed E-state index contributed by atoms with van der Waals surface area (Å²) in [6.45, 7) is 2.31. The third kappa shape index (κ3) is 3.51. The fourth-order valence-electron chi connectivity index (χ4n) is 2.26. The van der Waals surface area contributed by atoms with Crippen LogP contribution in [0.4, 0.5) is 4.39 Å². The van der Waals surface area contributed by atoms with E-state index in [9.17, 15) is 4.39 Å². The van der Waals surface area contributed by atoms with Crippen molar-refractivity contribution in [2.75, 3.05) is 6.61 Å². The largest absolute Gasteiger partial charge is 0.396 e. The number of halogens is 1. The molecule has 1 aromatic rings. The number of rotatable bonds is 6. The van der Waals surface area contributed by atoms with Crippen molar-refractivity contribution in [2.24, 2.45) is 5.92 Å². The van der Waals surface area contributed by atoms with Crippen LogP contribution in [0.5, 0.6) is 0 Å². The topological polar surface area (TPSA) is 32.3 Å². The second kappa shape index (κ2) is 5.61. The van der Waals surface area contributed by atoms with Crippen LogP contribution < -0.4 is 5.32 Å². The third-order valence-electron chi connectivity index (χ3n) is 3.47. The monoisotopic (exact) mass is 237 g/mol. The molecular formula is C14H20FNO. The average molecular weight is 237 g/mol. The standard InChI is InChI=1S/C14H20FNO/c1-10(11-4-6-13(15)7-5-11)16-14(8-9-17)12-2-3-12/h4-7,10,12,14,16-17H,2-3,8-9H2,1H3. The van der Waals surface area contributed by atoms with Crippen molar-refractivity contribution in [1.29, 1.82) is 0 Å². The fraction of sp³-hybridized carbons (Fsp3) is 0.571. The molecule has 0 radical (unpaired) electrons. The van der Waals surface area contributed by atoms with Crippen molar-refractivity contribution in [3.8, 4) is 0 Å². The van der Waals surface area contributed by atoms with Gasteiger partial charge in [-0.05, 0) is 49.8 Å². The second-order valence-corrected chi connectivity index (χ2v) is 4.90. The summed E-state index contributed by atoms with van der Waals surface area (Å²) in [5.41, 5.74) is 1.09. The van der Waals surface area contributed by atoms with Gasteiger partial charge in [-0.25, -0.2) is 4.39 Å². The Hall–Kier alpha value is -0.930. The van der Waals surface area contributed by atoms with Gasteiger partial charge in [0.1, 0.15) is 5.82 Å². The van der Waals surface area contributed by atoms with Gasteiger partial charge in [-0.15, -0.1) is 0 Å². The summed E-state index contributed by atoms with van der Waals surface area (Å²) in [5, 5.41) is 12.6. The highest BCUT2D eigenvalue weighted by atomic mass is 19.1.